The third kappa shape index (κ3) is 10.5. The number of carbonyl (C=O) groups excluding carboxylic acids is 2. The van der Waals surface area contributed by atoms with Crippen LogP contribution < -0.4 is 0 Å². The molecule has 9 nitrogen and oxygen atoms in total. The largest absolute Gasteiger partial charge is 0.454 e. The molecule has 0 bridgehead atoms. The molecular weight excluding hydrogens is 672 g/mol. The molecule has 6 rings (SSSR count). The van der Waals surface area contributed by atoms with Gasteiger partial charge < -0.3 is 33.5 Å². The highest BCUT2D eigenvalue weighted by Gasteiger charge is 2.55. The fourth-order valence-corrected chi connectivity index (χ4v) is 6.34. The van der Waals surface area contributed by atoms with Gasteiger partial charge in [0.05, 0.1) is 26.4 Å². The lowest BCUT2D eigenvalue weighted by molar-refractivity contribution is -0.279. The van der Waals surface area contributed by atoms with E-state index in [-0.39, 0.29) is 26.4 Å². The van der Waals surface area contributed by atoms with Crippen LogP contribution >= 0.6 is 0 Å². The molecule has 0 unspecified atom stereocenters. The van der Waals surface area contributed by atoms with Crippen molar-refractivity contribution in [1.82, 2.24) is 0 Å². The predicted molar refractivity (Wildman–Crippen MR) is 197 cm³/mol. The van der Waals surface area contributed by atoms with Crippen molar-refractivity contribution in [1.29, 1.82) is 0 Å². The van der Waals surface area contributed by atoms with Crippen molar-refractivity contribution in [2.75, 3.05) is 0 Å². The summed E-state index contributed by atoms with van der Waals surface area (Å²) in [6.07, 6.45) is -8.06. The standard InChI is InChI=1S/C44H44O9/c1-31(45)52-38(36-25-15-6-16-26-36)44(47)53-40-37(46)39(48-27-32-17-7-2-8-18-32)41(49-28-33-19-9-3-10-20-33)43(51-30-35-23-13-5-14-24-35)42(40)50-29-34-21-11-4-12-22-34/h2-26,37-43,46H,27-30H2,1H3/t37-,38-,39+,40-,41-,42+,43+/m0/s1. The Morgan fingerprint density at radius 1 is 0.491 bits per heavy atom. The highest BCUT2D eigenvalue weighted by Crippen LogP contribution is 2.35. The second-order valence-electron chi connectivity index (χ2n) is 12.8. The van der Waals surface area contributed by atoms with Gasteiger partial charge in [-0.3, -0.25) is 4.79 Å². The van der Waals surface area contributed by atoms with Gasteiger partial charge in [0.25, 0.3) is 0 Å². The van der Waals surface area contributed by atoms with Gasteiger partial charge in [0, 0.05) is 12.5 Å². The van der Waals surface area contributed by atoms with Crippen LogP contribution in [-0.2, 0) is 64.4 Å². The van der Waals surface area contributed by atoms with E-state index in [9.17, 15) is 14.7 Å². The number of hydrogen-bond acceptors (Lipinski definition) is 9. The van der Waals surface area contributed by atoms with Crippen molar-refractivity contribution in [3.8, 4) is 0 Å². The number of ether oxygens (including phenoxy) is 6. The maximum Gasteiger partial charge on any atom is 0.352 e. The number of aliphatic hydroxyl groups excluding tert-OH is 1. The molecule has 1 aliphatic rings. The van der Waals surface area contributed by atoms with Gasteiger partial charge in [-0.25, -0.2) is 4.79 Å². The summed E-state index contributed by atoms with van der Waals surface area (Å²) in [6, 6.07) is 47.0. The third-order valence-electron chi connectivity index (χ3n) is 8.96. The Morgan fingerprint density at radius 3 is 1.19 bits per heavy atom. The molecule has 0 saturated heterocycles. The number of carbonyl (C=O) groups is 2. The molecule has 1 fully saturated rings. The molecule has 0 radical (unpaired) electrons. The van der Waals surface area contributed by atoms with Gasteiger partial charge in [0.15, 0.2) is 6.10 Å². The molecule has 0 aliphatic heterocycles. The third-order valence-corrected chi connectivity index (χ3v) is 8.96. The Hall–Kier alpha value is -5.16. The topological polar surface area (TPSA) is 110 Å². The van der Waals surface area contributed by atoms with Crippen molar-refractivity contribution in [2.45, 2.75) is 76.1 Å². The van der Waals surface area contributed by atoms with E-state index < -0.39 is 54.7 Å². The highest BCUT2D eigenvalue weighted by atomic mass is 16.6. The summed E-state index contributed by atoms with van der Waals surface area (Å²) >= 11 is 0. The summed E-state index contributed by atoms with van der Waals surface area (Å²) in [6.45, 7) is 1.83. The smallest absolute Gasteiger partial charge is 0.352 e. The SMILES string of the molecule is CC(=O)O[C@H](C(=O)O[C@H]1[C@@H](O)[C@@H](OCc2ccccc2)[C@H](OCc2ccccc2)[C@@H](OCc2ccccc2)[C@@H]1OCc1ccccc1)c1ccccc1. The van der Waals surface area contributed by atoms with Crippen molar-refractivity contribution < 1.29 is 43.1 Å². The van der Waals surface area contributed by atoms with Gasteiger partial charge in [-0.15, -0.1) is 0 Å². The van der Waals surface area contributed by atoms with E-state index in [0.29, 0.717) is 5.56 Å². The molecule has 7 atom stereocenters. The van der Waals surface area contributed by atoms with Crippen LogP contribution in [-0.4, -0.2) is 53.7 Å². The Labute approximate surface area is 310 Å². The minimum absolute atomic E-state index is 0.116. The molecule has 5 aromatic carbocycles. The average Bonchev–Trinajstić information content (AvgIpc) is 3.20. The molecule has 0 amide bonds. The zero-order valence-electron chi connectivity index (χ0n) is 29.5. The first-order chi connectivity index (χ1) is 26.0. The molecule has 0 heterocycles. The zero-order chi connectivity index (χ0) is 36.8. The maximum absolute atomic E-state index is 14.1. The lowest BCUT2D eigenvalue weighted by Gasteiger charge is -2.48. The molecule has 274 valence electrons. The first kappa shape index (κ1) is 37.6. The number of aliphatic hydroxyl groups is 1. The molecular formula is C44H44O9. The fourth-order valence-electron chi connectivity index (χ4n) is 6.34. The van der Waals surface area contributed by atoms with Crippen LogP contribution in [0.15, 0.2) is 152 Å². The monoisotopic (exact) mass is 716 g/mol. The maximum atomic E-state index is 14.1. The Kier molecular flexibility index (Phi) is 13.5. The fraction of sp³-hybridized carbons (Fsp3) is 0.273. The summed E-state index contributed by atoms with van der Waals surface area (Å²) < 4.78 is 38.2. The van der Waals surface area contributed by atoms with Crippen LogP contribution in [0.4, 0.5) is 0 Å². The summed E-state index contributed by atoms with van der Waals surface area (Å²) in [4.78, 5) is 26.3. The number of hydrogen-bond donors (Lipinski definition) is 1. The summed E-state index contributed by atoms with van der Waals surface area (Å²) in [5.74, 6) is -1.55. The highest BCUT2D eigenvalue weighted by molar-refractivity contribution is 5.80. The molecule has 0 spiro atoms. The van der Waals surface area contributed by atoms with Gasteiger partial charge >= 0.3 is 11.9 Å². The average molecular weight is 717 g/mol. The van der Waals surface area contributed by atoms with Crippen molar-refractivity contribution >= 4 is 11.9 Å². The van der Waals surface area contributed by atoms with Gasteiger partial charge in [0.1, 0.15) is 30.5 Å². The second-order valence-corrected chi connectivity index (χ2v) is 12.8. The van der Waals surface area contributed by atoms with Crippen LogP contribution in [0.2, 0.25) is 0 Å². The summed E-state index contributed by atoms with van der Waals surface area (Å²) in [7, 11) is 0. The van der Waals surface area contributed by atoms with E-state index in [1.54, 1.807) is 30.3 Å². The second kappa shape index (κ2) is 19.1. The Bertz CT molecular complexity index is 1820. The molecule has 1 saturated carbocycles. The van der Waals surface area contributed by atoms with E-state index in [0.717, 1.165) is 22.3 Å². The van der Waals surface area contributed by atoms with Gasteiger partial charge in [0.2, 0.25) is 6.10 Å². The van der Waals surface area contributed by atoms with Crippen LogP contribution in [0, 0.1) is 0 Å². The van der Waals surface area contributed by atoms with E-state index in [1.807, 2.05) is 121 Å². The molecule has 5 aromatic rings. The molecule has 0 aromatic heterocycles. The minimum Gasteiger partial charge on any atom is -0.454 e. The van der Waals surface area contributed by atoms with Crippen LogP contribution in [0.1, 0.15) is 40.8 Å². The Balaban J connectivity index is 1.39. The molecule has 53 heavy (non-hydrogen) atoms. The van der Waals surface area contributed by atoms with E-state index in [4.69, 9.17) is 28.4 Å². The van der Waals surface area contributed by atoms with Crippen molar-refractivity contribution in [3.05, 3.63) is 179 Å². The van der Waals surface area contributed by atoms with E-state index >= 15 is 0 Å². The lowest BCUT2D eigenvalue weighted by atomic mass is 9.83. The van der Waals surface area contributed by atoms with E-state index in [1.165, 1.54) is 6.92 Å². The number of rotatable bonds is 16. The van der Waals surface area contributed by atoms with Gasteiger partial charge in [-0.05, 0) is 22.3 Å². The van der Waals surface area contributed by atoms with Crippen LogP contribution in [0.5, 0.6) is 0 Å². The molecule has 9 heteroatoms. The first-order valence-electron chi connectivity index (χ1n) is 17.7. The zero-order valence-corrected chi connectivity index (χ0v) is 29.5. The number of esters is 2. The predicted octanol–water partition coefficient (Wildman–Crippen LogP) is 6.92. The summed E-state index contributed by atoms with van der Waals surface area (Å²) in [5.41, 5.74) is 3.96. The van der Waals surface area contributed by atoms with Gasteiger partial charge in [-0.1, -0.05) is 152 Å². The van der Waals surface area contributed by atoms with Crippen molar-refractivity contribution in [2.24, 2.45) is 0 Å². The normalized spacial score (nSPS) is 21.7. The minimum atomic E-state index is -1.45. The van der Waals surface area contributed by atoms with Crippen LogP contribution in [0.3, 0.4) is 0 Å². The first-order valence-corrected chi connectivity index (χ1v) is 17.7. The molecule has 1 aliphatic carbocycles. The number of benzene rings is 5. The quantitative estimate of drug-likeness (QED) is 0.109. The van der Waals surface area contributed by atoms with Crippen molar-refractivity contribution in [3.63, 3.8) is 0 Å². The Morgan fingerprint density at radius 2 is 0.811 bits per heavy atom. The lowest BCUT2D eigenvalue weighted by Crippen LogP contribution is -2.67. The van der Waals surface area contributed by atoms with Gasteiger partial charge in [-0.2, -0.15) is 0 Å². The summed E-state index contributed by atoms with van der Waals surface area (Å²) in [5, 5.41) is 12.3. The van der Waals surface area contributed by atoms with Crippen LogP contribution in [0.25, 0.3) is 0 Å². The molecule has 1 N–H and O–H groups in total. The van der Waals surface area contributed by atoms with E-state index in [2.05, 4.69) is 0 Å².